The van der Waals surface area contributed by atoms with Gasteiger partial charge in [-0.05, 0) is 12.1 Å². The van der Waals surface area contributed by atoms with Crippen LogP contribution in [0.25, 0.3) is 0 Å². The summed E-state index contributed by atoms with van der Waals surface area (Å²) >= 11 is 0. The molecule has 0 atom stereocenters. The molecule has 4 N–H and O–H groups in total. The van der Waals surface area contributed by atoms with Crippen molar-refractivity contribution < 1.29 is 13.7 Å². The van der Waals surface area contributed by atoms with Crippen LogP contribution in [-0.2, 0) is 6.54 Å². The van der Waals surface area contributed by atoms with Crippen LogP contribution in [0.1, 0.15) is 16.1 Å². The highest BCUT2D eigenvalue weighted by atomic mass is 19.1. The molecule has 1 heterocycles. The lowest BCUT2D eigenvalue weighted by atomic mass is 10.1. The summed E-state index contributed by atoms with van der Waals surface area (Å²) in [4.78, 5) is 11.8. The van der Waals surface area contributed by atoms with Gasteiger partial charge in [0.2, 0.25) is 0 Å². The number of hydrogen-bond acceptors (Lipinski definition) is 5. The Morgan fingerprint density at radius 3 is 2.94 bits per heavy atom. The molecule has 0 aliphatic heterocycles. The zero-order valence-corrected chi connectivity index (χ0v) is 9.31. The van der Waals surface area contributed by atoms with E-state index in [1.165, 1.54) is 24.5 Å². The van der Waals surface area contributed by atoms with Crippen molar-refractivity contribution in [3.05, 3.63) is 47.6 Å². The van der Waals surface area contributed by atoms with Crippen LogP contribution in [0, 0.1) is 5.82 Å². The summed E-state index contributed by atoms with van der Waals surface area (Å²) in [5.41, 5.74) is 2.82. The first kappa shape index (κ1) is 12.1. The quantitative estimate of drug-likeness (QED) is 0.556. The maximum atomic E-state index is 13.4. The van der Waals surface area contributed by atoms with Crippen molar-refractivity contribution in [2.75, 3.05) is 5.43 Å². The molecule has 1 aromatic heterocycles. The maximum Gasteiger partial charge on any atom is 0.253 e. The van der Waals surface area contributed by atoms with E-state index in [4.69, 9.17) is 5.84 Å². The van der Waals surface area contributed by atoms with Gasteiger partial charge >= 0.3 is 0 Å². The van der Waals surface area contributed by atoms with E-state index in [2.05, 4.69) is 20.4 Å². The largest absolute Gasteiger partial charge is 0.364 e. The Morgan fingerprint density at radius 1 is 1.44 bits per heavy atom. The average Bonchev–Trinajstić information content (AvgIpc) is 2.88. The van der Waals surface area contributed by atoms with Crippen molar-refractivity contribution in [1.82, 2.24) is 10.5 Å². The number of hydrogen-bond donors (Lipinski definition) is 3. The van der Waals surface area contributed by atoms with E-state index in [1.807, 2.05) is 0 Å². The summed E-state index contributed by atoms with van der Waals surface area (Å²) in [5, 5.41) is 6.22. The number of rotatable bonds is 4. The van der Waals surface area contributed by atoms with Crippen molar-refractivity contribution >= 4 is 11.6 Å². The van der Waals surface area contributed by atoms with Gasteiger partial charge in [0.05, 0.1) is 17.8 Å². The maximum absolute atomic E-state index is 13.4. The first-order valence-electron chi connectivity index (χ1n) is 5.15. The Morgan fingerprint density at radius 2 is 2.28 bits per heavy atom. The number of hydrazine groups is 1. The van der Waals surface area contributed by atoms with Crippen LogP contribution in [0.2, 0.25) is 0 Å². The highest BCUT2D eigenvalue weighted by molar-refractivity contribution is 5.99. The van der Waals surface area contributed by atoms with Gasteiger partial charge in [0.1, 0.15) is 17.8 Å². The molecule has 2 rings (SSSR count). The van der Waals surface area contributed by atoms with Crippen LogP contribution in [0.4, 0.5) is 10.1 Å². The highest BCUT2D eigenvalue weighted by Crippen LogP contribution is 2.18. The van der Waals surface area contributed by atoms with Gasteiger partial charge < -0.3 is 15.3 Å². The van der Waals surface area contributed by atoms with Gasteiger partial charge in [-0.15, -0.1) is 0 Å². The summed E-state index contributed by atoms with van der Waals surface area (Å²) in [6, 6.07) is 5.73. The molecule has 0 unspecified atom stereocenters. The fourth-order valence-corrected chi connectivity index (χ4v) is 1.45. The molecular weight excluding hydrogens is 239 g/mol. The van der Waals surface area contributed by atoms with Gasteiger partial charge in [0.25, 0.3) is 5.91 Å². The second-order valence-electron chi connectivity index (χ2n) is 3.48. The van der Waals surface area contributed by atoms with Crippen LogP contribution >= 0.6 is 0 Å². The first-order valence-corrected chi connectivity index (χ1v) is 5.15. The lowest BCUT2D eigenvalue weighted by Crippen LogP contribution is -2.25. The third-order valence-corrected chi connectivity index (χ3v) is 2.32. The minimum Gasteiger partial charge on any atom is -0.364 e. The number of carbonyl (C=O) groups is 1. The predicted molar refractivity (Wildman–Crippen MR) is 61.9 cm³/mol. The normalized spacial score (nSPS) is 10.1. The third kappa shape index (κ3) is 2.46. The molecule has 1 aromatic carbocycles. The highest BCUT2D eigenvalue weighted by Gasteiger charge is 2.14. The summed E-state index contributed by atoms with van der Waals surface area (Å²) in [6.45, 7) is 0.190. The Labute approximate surface area is 102 Å². The Bertz CT molecular complexity index is 542. The number of anilines is 1. The van der Waals surface area contributed by atoms with Crippen LogP contribution in [-0.4, -0.2) is 11.1 Å². The summed E-state index contributed by atoms with van der Waals surface area (Å²) in [5.74, 6) is 4.14. The van der Waals surface area contributed by atoms with Gasteiger partial charge in [0, 0.05) is 6.07 Å². The van der Waals surface area contributed by atoms with Gasteiger partial charge in [-0.2, -0.15) is 0 Å². The van der Waals surface area contributed by atoms with E-state index in [9.17, 15) is 9.18 Å². The van der Waals surface area contributed by atoms with Crippen molar-refractivity contribution in [1.29, 1.82) is 0 Å². The number of carbonyl (C=O) groups excluding carboxylic acids is 1. The number of halogens is 1. The van der Waals surface area contributed by atoms with Crippen LogP contribution in [0.15, 0.2) is 35.1 Å². The molecule has 0 bridgehead atoms. The minimum atomic E-state index is -0.591. The van der Waals surface area contributed by atoms with Crippen molar-refractivity contribution in [2.24, 2.45) is 5.84 Å². The number of nitrogens with zero attached hydrogens (tertiary/aromatic N) is 1. The Balaban J connectivity index is 2.11. The van der Waals surface area contributed by atoms with Crippen molar-refractivity contribution in [2.45, 2.75) is 6.54 Å². The topological polar surface area (TPSA) is 93.2 Å². The lowest BCUT2D eigenvalue weighted by molar-refractivity contribution is 0.0950. The molecule has 0 saturated carbocycles. The number of aromatic nitrogens is 1. The predicted octanol–water partition coefficient (Wildman–Crippen LogP) is 1.03. The first-order chi connectivity index (χ1) is 8.72. The number of para-hydroxylation sites is 1. The summed E-state index contributed by atoms with van der Waals surface area (Å²) < 4.78 is 18.0. The standard InChI is InChI=1S/C11H11FN4O2/c12-9-3-1-2-8(10(9)15-13)11(17)14-6-7-4-5-18-16-7/h1-5,15H,6,13H2,(H,14,17). The SMILES string of the molecule is NNc1c(F)cccc1C(=O)NCc1ccon1. The summed E-state index contributed by atoms with van der Waals surface area (Å²) in [7, 11) is 0. The fourth-order valence-electron chi connectivity index (χ4n) is 1.45. The zero-order valence-electron chi connectivity index (χ0n) is 9.31. The van der Waals surface area contributed by atoms with Gasteiger partial charge in [-0.3, -0.25) is 10.6 Å². The van der Waals surface area contributed by atoms with E-state index >= 15 is 0 Å². The van der Waals surface area contributed by atoms with Gasteiger partial charge in [0.15, 0.2) is 0 Å². The molecule has 0 saturated heterocycles. The Kier molecular flexibility index (Phi) is 3.54. The summed E-state index contributed by atoms with van der Waals surface area (Å²) in [6.07, 6.45) is 1.40. The monoisotopic (exact) mass is 250 g/mol. The fraction of sp³-hybridized carbons (Fsp3) is 0.0909. The molecule has 2 aromatic rings. The zero-order chi connectivity index (χ0) is 13.0. The van der Waals surface area contributed by atoms with E-state index in [0.29, 0.717) is 5.69 Å². The molecule has 94 valence electrons. The van der Waals surface area contributed by atoms with Crippen LogP contribution in [0.5, 0.6) is 0 Å². The molecule has 7 heteroatoms. The van der Waals surface area contributed by atoms with Crippen molar-refractivity contribution in [3.8, 4) is 0 Å². The molecule has 0 aliphatic carbocycles. The second kappa shape index (κ2) is 5.28. The van der Waals surface area contributed by atoms with E-state index in [1.54, 1.807) is 6.07 Å². The van der Waals surface area contributed by atoms with E-state index in [-0.39, 0.29) is 17.8 Å². The van der Waals surface area contributed by atoms with Crippen molar-refractivity contribution in [3.63, 3.8) is 0 Å². The number of nitrogens with two attached hydrogens (primary N) is 1. The molecule has 6 nitrogen and oxygen atoms in total. The molecule has 1 amide bonds. The molecule has 0 fully saturated rings. The van der Waals surface area contributed by atoms with E-state index in [0.717, 1.165) is 0 Å². The lowest BCUT2D eigenvalue weighted by Gasteiger charge is -2.09. The number of benzene rings is 1. The molecular formula is C11H11FN4O2. The smallest absolute Gasteiger partial charge is 0.253 e. The van der Waals surface area contributed by atoms with Gasteiger partial charge in [-0.1, -0.05) is 11.2 Å². The minimum absolute atomic E-state index is 0.0462. The number of nitrogen functional groups attached to an aromatic ring is 1. The van der Waals surface area contributed by atoms with Gasteiger partial charge in [-0.25, -0.2) is 4.39 Å². The second-order valence-corrected chi connectivity index (χ2v) is 3.48. The van der Waals surface area contributed by atoms with E-state index < -0.39 is 11.7 Å². The molecule has 18 heavy (non-hydrogen) atoms. The van der Waals surface area contributed by atoms with Crippen LogP contribution < -0.4 is 16.6 Å². The molecule has 0 spiro atoms. The number of nitrogens with one attached hydrogen (secondary N) is 2. The molecule has 0 aliphatic rings. The molecule has 0 radical (unpaired) electrons. The Hall–Kier alpha value is -2.41. The van der Waals surface area contributed by atoms with Crippen LogP contribution in [0.3, 0.4) is 0 Å². The average molecular weight is 250 g/mol. The number of amides is 1. The third-order valence-electron chi connectivity index (χ3n) is 2.32.